The second-order valence-corrected chi connectivity index (χ2v) is 8.05. The number of hydrogen-bond donors (Lipinski definition) is 3. The standard InChI is InChI=1S/C19H35N3O2/c23-14-15-6-2-3-7-18(15)21-19(24)20-16-8-10-17(11-9-16)22-12-4-1-5-13-22/h15-18,23H,1-14H2,(H2,20,21,24)/t15-,16?,17?,18+/m0/s1. The Morgan fingerprint density at radius 3 is 2.29 bits per heavy atom. The van der Waals surface area contributed by atoms with Crippen molar-refractivity contribution in [2.45, 2.75) is 88.8 Å². The average molecular weight is 338 g/mol. The monoisotopic (exact) mass is 337 g/mol. The summed E-state index contributed by atoms with van der Waals surface area (Å²) in [5.74, 6) is 0.235. The molecule has 2 saturated carbocycles. The first-order valence-corrected chi connectivity index (χ1v) is 10.2. The van der Waals surface area contributed by atoms with Crippen molar-refractivity contribution in [1.82, 2.24) is 15.5 Å². The lowest BCUT2D eigenvalue weighted by Gasteiger charge is -2.39. The molecule has 0 spiro atoms. The van der Waals surface area contributed by atoms with Crippen molar-refractivity contribution in [3.05, 3.63) is 0 Å². The highest BCUT2D eigenvalue weighted by atomic mass is 16.3. The molecule has 0 bridgehead atoms. The van der Waals surface area contributed by atoms with E-state index in [9.17, 15) is 9.90 Å². The first-order valence-electron chi connectivity index (χ1n) is 10.2. The highest BCUT2D eigenvalue weighted by Crippen LogP contribution is 2.26. The fourth-order valence-corrected chi connectivity index (χ4v) is 4.88. The third-order valence-corrected chi connectivity index (χ3v) is 6.40. The lowest BCUT2D eigenvalue weighted by atomic mass is 9.85. The molecule has 2 aliphatic carbocycles. The summed E-state index contributed by atoms with van der Waals surface area (Å²) in [6.45, 7) is 2.73. The molecule has 0 radical (unpaired) electrons. The summed E-state index contributed by atoms with van der Waals surface area (Å²) in [6, 6.07) is 1.18. The maximum absolute atomic E-state index is 12.3. The summed E-state index contributed by atoms with van der Waals surface area (Å²) in [6.07, 6.45) is 13.1. The van der Waals surface area contributed by atoms with Crippen LogP contribution in [0.5, 0.6) is 0 Å². The number of aliphatic hydroxyl groups excluding tert-OH is 1. The van der Waals surface area contributed by atoms with Gasteiger partial charge in [-0.05, 0) is 64.5 Å². The van der Waals surface area contributed by atoms with Crippen LogP contribution in [0.15, 0.2) is 0 Å². The zero-order valence-corrected chi connectivity index (χ0v) is 15.0. The Morgan fingerprint density at radius 2 is 1.58 bits per heavy atom. The Hall–Kier alpha value is -0.810. The Balaban J connectivity index is 1.38. The maximum atomic E-state index is 12.3. The number of piperidine rings is 1. The van der Waals surface area contributed by atoms with Gasteiger partial charge < -0.3 is 20.6 Å². The summed E-state index contributed by atoms with van der Waals surface area (Å²) < 4.78 is 0. The van der Waals surface area contributed by atoms with Crippen molar-refractivity contribution in [2.75, 3.05) is 19.7 Å². The highest BCUT2D eigenvalue weighted by molar-refractivity contribution is 5.74. The number of likely N-dealkylation sites (tertiary alicyclic amines) is 1. The van der Waals surface area contributed by atoms with Crippen LogP contribution < -0.4 is 10.6 Å². The highest BCUT2D eigenvalue weighted by Gasteiger charge is 2.29. The van der Waals surface area contributed by atoms with E-state index in [1.807, 2.05) is 0 Å². The van der Waals surface area contributed by atoms with E-state index in [-0.39, 0.29) is 24.6 Å². The van der Waals surface area contributed by atoms with Crippen molar-refractivity contribution in [2.24, 2.45) is 5.92 Å². The third-order valence-electron chi connectivity index (χ3n) is 6.40. The number of urea groups is 1. The number of carbonyl (C=O) groups excluding carboxylic acids is 1. The van der Waals surface area contributed by atoms with E-state index in [1.54, 1.807) is 0 Å². The molecular weight excluding hydrogens is 302 g/mol. The quantitative estimate of drug-likeness (QED) is 0.739. The summed E-state index contributed by atoms with van der Waals surface area (Å²) in [5.41, 5.74) is 0. The molecular formula is C19H35N3O2. The summed E-state index contributed by atoms with van der Waals surface area (Å²) in [5, 5.41) is 15.8. The minimum atomic E-state index is -0.0261. The van der Waals surface area contributed by atoms with Crippen LogP contribution in [0.1, 0.15) is 70.6 Å². The Kier molecular flexibility index (Phi) is 6.78. The molecule has 3 rings (SSSR count). The predicted molar refractivity (Wildman–Crippen MR) is 96.0 cm³/mol. The van der Waals surface area contributed by atoms with E-state index in [0.717, 1.165) is 38.1 Å². The molecule has 5 heteroatoms. The van der Waals surface area contributed by atoms with Crippen LogP contribution in [0.3, 0.4) is 0 Å². The second kappa shape index (κ2) is 9.04. The number of nitrogens with one attached hydrogen (secondary N) is 2. The summed E-state index contributed by atoms with van der Waals surface area (Å²) in [4.78, 5) is 15.0. The lowest BCUT2D eigenvalue weighted by Crippen LogP contribution is -2.51. The van der Waals surface area contributed by atoms with Gasteiger partial charge in [0.25, 0.3) is 0 Å². The zero-order chi connectivity index (χ0) is 16.8. The van der Waals surface area contributed by atoms with Gasteiger partial charge in [0.05, 0.1) is 0 Å². The molecule has 3 N–H and O–H groups in total. The van der Waals surface area contributed by atoms with E-state index < -0.39 is 0 Å². The van der Waals surface area contributed by atoms with Gasteiger partial charge in [-0.2, -0.15) is 0 Å². The van der Waals surface area contributed by atoms with Crippen LogP contribution >= 0.6 is 0 Å². The Bertz CT molecular complexity index is 390. The fraction of sp³-hybridized carbons (Fsp3) is 0.947. The number of carbonyl (C=O) groups is 1. The number of aliphatic hydroxyl groups is 1. The molecule has 0 aromatic rings. The SMILES string of the molecule is O=C(NC1CCC(N2CCCCC2)CC1)N[C@@H]1CCCC[C@H]1CO. The Morgan fingerprint density at radius 1 is 0.875 bits per heavy atom. The predicted octanol–water partition coefficient (Wildman–Crippen LogP) is 2.63. The van der Waals surface area contributed by atoms with E-state index in [4.69, 9.17) is 0 Å². The average Bonchev–Trinajstić information content (AvgIpc) is 2.63. The van der Waals surface area contributed by atoms with Crippen LogP contribution in [0.25, 0.3) is 0 Å². The van der Waals surface area contributed by atoms with Gasteiger partial charge in [-0.3, -0.25) is 0 Å². The summed E-state index contributed by atoms with van der Waals surface area (Å²) >= 11 is 0. The molecule has 3 fully saturated rings. The maximum Gasteiger partial charge on any atom is 0.315 e. The molecule has 0 aromatic heterocycles. The van der Waals surface area contributed by atoms with Crippen LogP contribution in [0.2, 0.25) is 0 Å². The van der Waals surface area contributed by atoms with Crippen LogP contribution in [0.4, 0.5) is 4.79 Å². The van der Waals surface area contributed by atoms with Gasteiger partial charge in [0.1, 0.15) is 0 Å². The van der Waals surface area contributed by atoms with E-state index in [1.165, 1.54) is 51.6 Å². The van der Waals surface area contributed by atoms with Gasteiger partial charge in [-0.25, -0.2) is 4.79 Å². The molecule has 1 heterocycles. The minimum Gasteiger partial charge on any atom is -0.396 e. The van der Waals surface area contributed by atoms with Crippen LogP contribution in [0, 0.1) is 5.92 Å². The minimum absolute atomic E-state index is 0.0261. The normalized spacial score (nSPS) is 35.4. The van der Waals surface area contributed by atoms with Gasteiger partial charge in [0, 0.05) is 30.7 Å². The first kappa shape index (κ1) is 18.0. The number of amides is 2. The zero-order valence-electron chi connectivity index (χ0n) is 15.0. The molecule has 3 aliphatic rings. The van der Waals surface area contributed by atoms with Gasteiger partial charge in [0.15, 0.2) is 0 Å². The molecule has 0 unspecified atom stereocenters. The van der Waals surface area contributed by atoms with Crippen molar-refractivity contribution in [3.63, 3.8) is 0 Å². The fourth-order valence-electron chi connectivity index (χ4n) is 4.88. The molecule has 138 valence electrons. The largest absolute Gasteiger partial charge is 0.396 e. The molecule has 5 nitrogen and oxygen atoms in total. The van der Waals surface area contributed by atoms with Gasteiger partial charge in [-0.15, -0.1) is 0 Å². The summed E-state index contributed by atoms with van der Waals surface area (Å²) in [7, 11) is 0. The molecule has 0 aromatic carbocycles. The third kappa shape index (κ3) is 4.85. The van der Waals surface area contributed by atoms with Crippen LogP contribution in [-0.4, -0.2) is 53.9 Å². The van der Waals surface area contributed by atoms with E-state index >= 15 is 0 Å². The molecule has 2 atom stereocenters. The molecule has 24 heavy (non-hydrogen) atoms. The van der Waals surface area contributed by atoms with Crippen LogP contribution in [-0.2, 0) is 0 Å². The topological polar surface area (TPSA) is 64.6 Å². The lowest BCUT2D eigenvalue weighted by molar-refractivity contribution is 0.120. The van der Waals surface area contributed by atoms with Crippen molar-refractivity contribution in [3.8, 4) is 0 Å². The van der Waals surface area contributed by atoms with Crippen molar-refractivity contribution < 1.29 is 9.90 Å². The second-order valence-electron chi connectivity index (χ2n) is 8.05. The van der Waals surface area contributed by atoms with Gasteiger partial charge in [-0.1, -0.05) is 19.3 Å². The molecule has 1 saturated heterocycles. The Labute approximate surface area is 146 Å². The first-order chi connectivity index (χ1) is 11.8. The number of rotatable bonds is 4. The van der Waals surface area contributed by atoms with E-state index in [2.05, 4.69) is 15.5 Å². The van der Waals surface area contributed by atoms with Crippen molar-refractivity contribution in [1.29, 1.82) is 0 Å². The van der Waals surface area contributed by atoms with E-state index in [0.29, 0.717) is 6.04 Å². The van der Waals surface area contributed by atoms with Crippen molar-refractivity contribution >= 4 is 6.03 Å². The van der Waals surface area contributed by atoms with Gasteiger partial charge >= 0.3 is 6.03 Å². The number of hydrogen-bond acceptors (Lipinski definition) is 3. The smallest absolute Gasteiger partial charge is 0.315 e. The molecule has 1 aliphatic heterocycles. The molecule has 2 amide bonds. The van der Waals surface area contributed by atoms with Gasteiger partial charge in [0.2, 0.25) is 0 Å². The number of nitrogens with zero attached hydrogens (tertiary/aromatic N) is 1.